The molecule has 2 heterocycles. The molecule has 2 fully saturated rings. The first kappa shape index (κ1) is 18.6. The van der Waals surface area contributed by atoms with Crippen LogP contribution in [0.2, 0.25) is 0 Å². The van der Waals surface area contributed by atoms with Gasteiger partial charge in [-0.25, -0.2) is 0 Å². The summed E-state index contributed by atoms with van der Waals surface area (Å²) in [4.78, 5) is 26.7. The number of hydrogen-bond donors (Lipinski definition) is 2. The van der Waals surface area contributed by atoms with Gasteiger partial charge in [-0.3, -0.25) is 4.79 Å². The van der Waals surface area contributed by atoms with Crippen LogP contribution in [0.5, 0.6) is 0 Å². The molecule has 0 aromatic heterocycles. The van der Waals surface area contributed by atoms with E-state index in [-0.39, 0.29) is 12.5 Å². The molecular formula is C14H27N3O5. The van der Waals surface area contributed by atoms with E-state index in [0.29, 0.717) is 5.92 Å². The van der Waals surface area contributed by atoms with Crippen molar-refractivity contribution in [2.45, 2.75) is 32.1 Å². The minimum Gasteiger partial charge on any atom is -0.481 e. The zero-order chi connectivity index (χ0) is 16.4. The van der Waals surface area contributed by atoms with Crippen LogP contribution in [0.4, 0.5) is 0 Å². The van der Waals surface area contributed by atoms with Crippen LogP contribution in [0, 0.1) is 22.0 Å². The molecule has 0 aliphatic carbocycles. The van der Waals surface area contributed by atoms with Crippen molar-refractivity contribution in [2.24, 2.45) is 11.8 Å². The number of nitrogens with one attached hydrogen (secondary N) is 1. The average molecular weight is 317 g/mol. The fourth-order valence-corrected chi connectivity index (χ4v) is 2.72. The van der Waals surface area contributed by atoms with Crippen LogP contribution < -0.4 is 5.32 Å². The van der Waals surface area contributed by atoms with Crippen LogP contribution >= 0.6 is 0 Å². The predicted octanol–water partition coefficient (Wildman–Crippen LogP) is 0.997. The Labute approximate surface area is 130 Å². The van der Waals surface area contributed by atoms with E-state index in [1.165, 1.54) is 0 Å². The molecule has 2 N–H and O–H groups in total. The summed E-state index contributed by atoms with van der Waals surface area (Å²) in [6.07, 6.45) is 4.66. The minimum atomic E-state index is -0.721. The van der Waals surface area contributed by atoms with E-state index in [2.05, 4.69) is 15.1 Å². The largest absolute Gasteiger partial charge is 0.481 e. The zero-order valence-electron chi connectivity index (χ0n) is 13.2. The third kappa shape index (κ3) is 8.14. The Morgan fingerprint density at radius 1 is 1.32 bits per heavy atom. The highest BCUT2D eigenvalue weighted by atomic mass is 16.9. The van der Waals surface area contributed by atoms with Crippen LogP contribution in [-0.2, 0) is 9.63 Å². The summed E-state index contributed by atoms with van der Waals surface area (Å²) in [5.41, 5.74) is 0. The summed E-state index contributed by atoms with van der Waals surface area (Å²) < 4.78 is 0. The van der Waals surface area contributed by atoms with Gasteiger partial charge in [0.2, 0.25) is 0 Å². The van der Waals surface area contributed by atoms with Crippen molar-refractivity contribution in [3.05, 3.63) is 10.1 Å². The van der Waals surface area contributed by atoms with Crippen molar-refractivity contribution in [2.75, 3.05) is 39.8 Å². The van der Waals surface area contributed by atoms with Crippen LogP contribution in [0.25, 0.3) is 0 Å². The van der Waals surface area contributed by atoms with E-state index >= 15 is 0 Å². The lowest BCUT2D eigenvalue weighted by Gasteiger charge is -2.25. The molecule has 2 aliphatic rings. The fraction of sp³-hybridized carbons (Fsp3) is 0.929. The van der Waals surface area contributed by atoms with E-state index in [1.807, 2.05) is 7.05 Å². The van der Waals surface area contributed by atoms with E-state index < -0.39 is 11.1 Å². The van der Waals surface area contributed by atoms with Crippen molar-refractivity contribution in [3.63, 3.8) is 0 Å². The number of carboxylic acid groups (broad SMARTS) is 1. The summed E-state index contributed by atoms with van der Waals surface area (Å²) in [6, 6.07) is 0. The Bertz CT molecular complexity index is 339. The van der Waals surface area contributed by atoms with E-state index in [1.54, 1.807) is 0 Å². The molecule has 8 nitrogen and oxygen atoms in total. The SMILES string of the molecule is CN1CCC(C(=O)O)CC1.O=[N+]([O-])OCCC1CCNCC1. The lowest BCUT2D eigenvalue weighted by Crippen LogP contribution is -2.33. The van der Waals surface area contributed by atoms with Crippen LogP contribution in [0.3, 0.4) is 0 Å². The van der Waals surface area contributed by atoms with Crippen molar-refractivity contribution in [1.82, 2.24) is 10.2 Å². The molecule has 0 saturated carbocycles. The fourth-order valence-electron chi connectivity index (χ4n) is 2.72. The highest BCUT2D eigenvalue weighted by molar-refractivity contribution is 5.70. The van der Waals surface area contributed by atoms with Gasteiger partial charge < -0.3 is 20.2 Å². The van der Waals surface area contributed by atoms with Crippen molar-refractivity contribution in [1.29, 1.82) is 0 Å². The first-order valence-corrected chi connectivity index (χ1v) is 7.88. The Morgan fingerprint density at radius 3 is 2.41 bits per heavy atom. The van der Waals surface area contributed by atoms with Crippen molar-refractivity contribution in [3.8, 4) is 0 Å². The first-order chi connectivity index (χ1) is 10.5. The topological polar surface area (TPSA) is 105 Å². The molecule has 128 valence electrons. The molecule has 0 atom stereocenters. The third-order valence-electron chi connectivity index (χ3n) is 4.25. The highest BCUT2D eigenvalue weighted by Gasteiger charge is 2.22. The van der Waals surface area contributed by atoms with E-state index in [9.17, 15) is 14.9 Å². The molecule has 2 saturated heterocycles. The summed E-state index contributed by atoms with van der Waals surface area (Å²) in [7, 11) is 2.03. The summed E-state index contributed by atoms with van der Waals surface area (Å²) in [5, 5.41) is 20.9. The maximum atomic E-state index is 10.4. The Morgan fingerprint density at radius 2 is 1.91 bits per heavy atom. The second kappa shape index (κ2) is 10.3. The Balaban J connectivity index is 0.000000224. The monoisotopic (exact) mass is 317 g/mol. The molecule has 8 heteroatoms. The minimum absolute atomic E-state index is 0.0869. The molecule has 22 heavy (non-hydrogen) atoms. The zero-order valence-corrected chi connectivity index (χ0v) is 13.2. The van der Waals surface area contributed by atoms with Gasteiger partial charge in [-0.15, -0.1) is 10.1 Å². The average Bonchev–Trinajstić information content (AvgIpc) is 2.49. The molecule has 0 amide bonds. The second-order valence-corrected chi connectivity index (χ2v) is 5.95. The number of hydrogen-bond acceptors (Lipinski definition) is 6. The lowest BCUT2D eigenvalue weighted by atomic mass is 9.95. The molecule has 0 aromatic carbocycles. The van der Waals surface area contributed by atoms with Gasteiger partial charge in [0.05, 0.1) is 12.5 Å². The molecule has 0 aromatic rings. The van der Waals surface area contributed by atoms with Gasteiger partial charge in [0.25, 0.3) is 5.09 Å². The summed E-state index contributed by atoms with van der Waals surface area (Å²) >= 11 is 0. The van der Waals surface area contributed by atoms with Gasteiger partial charge in [0.15, 0.2) is 0 Å². The number of piperidine rings is 2. The standard InChI is InChI=1S/C7H14N2O3.C7H13NO2/c10-9(11)12-6-3-7-1-4-8-5-2-7;1-8-4-2-6(3-5-8)7(9)10/h7-8H,1-6H2;6H,2-5H2,1H3,(H,9,10). The quantitative estimate of drug-likeness (QED) is 0.575. The second-order valence-electron chi connectivity index (χ2n) is 5.95. The first-order valence-electron chi connectivity index (χ1n) is 7.88. The van der Waals surface area contributed by atoms with Gasteiger partial charge in [0, 0.05) is 0 Å². The number of likely N-dealkylation sites (tertiary alicyclic amines) is 1. The maximum Gasteiger partial charge on any atom is 0.306 e. The van der Waals surface area contributed by atoms with E-state index in [4.69, 9.17) is 5.11 Å². The number of rotatable bonds is 5. The summed E-state index contributed by atoms with van der Waals surface area (Å²) in [5.74, 6) is -0.115. The molecule has 0 spiro atoms. The molecule has 0 radical (unpaired) electrons. The normalized spacial score (nSPS) is 20.8. The number of aliphatic carboxylic acids is 1. The van der Waals surface area contributed by atoms with Gasteiger partial charge in [-0.2, -0.15) is 0 Å². The van der Waals surface area contributed by atoms with Gasteiger partial charge in [-0.1, -0.05) is 0 Å². The molecule has 2 rings (SSSR count). The number of carboxylic acids is 1. The van der Waals surface area contributed by atoms with Gasteiger partial charge in [-0.05, 0) is 71.2 Å². The van der Waals surface area contributed by atoms with Gasteiger partial charge >= 0.3 is 5.97 Å². The van der Waals surface area contributed by atoms with Crippen LogP contribution in [0.1, 0.15) is 32.1 Å². The van der Waals surface area contributed by atoms with Gasteiger partial charge in [0.1, 0.15) is 0 Å². The predicted molar refractivity (Wildman–Crippen MR) is 81.0 cm³/mol. The Hall–Kier alpha value is -1.41. The van der Waals surface area contributed by atoms with Crippen molar-refractivity contribution >= 4 is 5.97 Å². The molecular weight excluding hydrogens is 290 g/mol. The van der Waals surface area contributed by atoms with Crippen molar-refractivity contribution < 1.29 is 19.8 Å². The maximum absolute atomic E-state index is 10.4. The lowest BCUT2D eigenvalue weighted by molar-refractivity contribution is -0.758. The Kier molecular flexibility index (Phi) is 8.76. The molecule has 0 unspecified atom stereocenters. The third-order valence-corrected chi connectivity index (χ3v) is 4.25. The van der Waals surface area contributed by atoms with E-state index in [0.717, 1.165) is 58.3 Å². The number of carbonyl (C=O) groups is 1. The smallest absolute Gasteiger partial charge is 0.306 e. The number of nitrogens with zero attached hydrogens (tertiary/aromatic N) is 2. The highest BCUT2D eigenvalue weighted by Crippen LogP contribution is 2.16. The molecule has 2 aliphatic heterocycles. The summed E-state index contributed by atoms with van der Waals surface area (Å²) in [6.45, 7) is 4.16. The van der Waals surface area contributed by atoms with Crippen LogP contribution in [-0.4, -0.2) is 60.9 Å². The molecule has 0 bridgehead atoms. The van der Waals surface area contributed by atoms with Crippen LogP contribution in [0.15, 0.2) is 0 Å².